The Bertz CT molecular complexity index is 718. The number of piperidine rings is 1. The van der Waals surface area contributed by atoms with Gasteiger partial charge in [-0.05, 0) is 76.1 Å². The van der Waals surface area contributed by atoms with Crippen LogP contribution in [0.3, 0.4) is 0 Å². The summed E-state index contributed by atoms with van der Waals surface area (Å²) in [7, 11) is 0. The van der Waals surface area contributed by atoms with Crippen LogP contribution in [0.25, 0.3) is 0 Å². The van der Waals surface area contributed by atoms with Crippen molar-refractivity contribution >= 4 is 47.7 Å². The maximum Gasteiger partial charge on any atom is 0.339 e. The normalized spacial score (nSPS) is 26.0. The fraction of sp³-hybridized carbons (Fsp3) is 0.619. The van der Waals surface area contributed by atoms with Crippen LogP contribution in [0, 0.1) is 11.8 Å². The van der Waals surface area contributed by atoms with Gasteiger partial charge in [-0.25, -0.2) is 4.79 Å². The molecule has 2 fully saturated rings. The molecule has 8 heteroatoms. The van der Waals surface area contributed by atoms with Crippen LogP contribution in [-0.2, 0) is 14.3 Å². The molecule has 1 aromatic carbocycles. The van der Waals surface area contributed by atoms with E-state index in [1.807, 2.05) is 13.0 Å². The summed E-state index contributed by atoms with van der Waals surface area (Å²) in [6.07, 6.45) is 4.06. The predicted molar refractivity (Wildman–Crippen MR) is 118 cm³/mol. The lowest BCUT2D eigenvalue weighted by Crippen LogP contribution is -2.50. The molecule has 0 bridgehead atoms. The summed E-state index contributed by atoms with van der Waals surface area (Å²) in [6.45, 7) is 5.27. The van der Waals surface area contributed by atoms with Gasteiger partial charge >= 0.3 is 11.9 Å². The topological polar surface area (TPSA) is 64.6 Å². The Hall–Kier alpha value is -0.950. The van der Waals surface area contributed by atoms with Crippen molar-refractivity contribution in [2.75, 3.05) is 19.8 Å². The largest absolute Gasteiger partial charge is 0.465 e. The molecule has 1 heterocycles. The van der Waals surface area contributed by atoms with E-state index in [2.05, 4.69) is 5.32 Å². The molecule has 2 aliphatic rings. The van der Waals surface area contributed by atoms with Crippen molar-refractivity contribution in [3.63, 3.8) is 0 Å². The first kappa shape index (κ1) is 24.3. The Kier molecular flexibility index (Phi) is 9.60. The van der Waals surface area contributed by atoms with E-state index in [1.165, 1.54) is 0 Å². The molecule has 1 aliphatic carbocycles. The molecule has 0 unspecified atom stereocenters. The molecule has 29 heavy (non-hydrogen) atoms. The SMILES string of the molecule is CCOC(=O)c1ccc(Cl)cc1S[C@H]1CC[C@H]2CN[C@H](C(=O)OCC)C[C@@H]2C1.Cl. The first-order valence-corrected chi connectivity index (χ1v) is 11.3. The average molecular weight is 462 g/mol. The number of carbonyl (C=O) groups is 2. The first-order valence-electron chi connectivity index (χ1n) is 10.0. The number of carbonyl (C=O) groups excluding carboxylic acids is 2. The predicted octanol–water partition coefficient (Wildman–Crippen LogP) is 4.74. The van der Waals surface area contributed by atoms with Crippen molar-refractivity contribution in [3.05, 3.63) is 28.8 Å². The van der Waals surface area contributed by atoms with Gasteiger partial charge in [0.25, 0.3) is 0 Å². The highest BCUT2D eigenvalue weighted by Gasteiger charge is 2.38. The van der Waals surface area contributed by atoms with Gasteiger partial charge in [-0.3, -0.25) is 4.79 Å². The number of benzene rings is 1. The first-order chi connectivity index (χ1) is 13.5. The van der Waals surface area contributed by atoms with Gasteiger partial charge in [0.1, 0.15) is 6.04 Å². The lowest BCUT2D eigenvalue weighted by Gasteiger charge is -2.41. The van der Waals surface area contributed by atoms with E-state index in [4.69, 9.17) is 21.1 Å². The Labute approximate surface area is 188 Å². The van der Waals surface area contributed by atoms with Crippen molar-refractivity contribution in [2.45, 2.75) is 55.7 Å². The zero-order chi connectivity index (χ0) is 20.1. The van der Waals surface area contributed by atoms with Crippen molar-refractivity contribution < 1.29 is 19.1 Å². The third-order valence-corrected chi connectivity index (χ3v) is 7.15. The Balaban J connectivity index is 0.00000300. The van der Waals surface area contributed by atoms with Gasteiger partial charge in [-0.2, -0.15) is 0 Å². The molecule has 0 amide bonds. The highest BCUT2D eigenvalue weighted by Crippen LogP contribution is 2.43. The minimum absolute atomic E-state index is 0. The fourth-order valence-electron chi connectivity index (χ4n) is 4.20. The fourth-order valence-corrected chi connectivity index (χ4v) is 5.87. The number of halogens is 2. The summed E-state index contributed by atoms with van der Waals surface area (Å²) in [5.74, 6) is 0.647. The second kappa shape index (κ2) is 11.4. The number of hydrogen-bond donors (Lipinski definition) is 1. The molecule has 1 saturated heterocycles. The molecule has 3 rings (SSSR count). The van der Waals surface area contributed by atoms with Gasteiger partial charge < -0.3 is 14.8 Å². The summed E-state index contributed by atoms with van der Waals surface area (Å²) in [6, 6.07) is 5.13. The molecule has 0 spiro atoms. The number of ether oxygens (including phenoxy) is 2. The number of thioether (sulfide) groups is 1. The van der Waals surface area contributed by atoms with Crippen LogP contribution in [0.4, 0.5) is 0 Å². The molecule has 4 atom stereocenters. The zero-order valence-corrected chi connectivity index (χ0v) is 19.2. The van der Waals surface area contributed by atoms with Crippen molar-refractivity contribution in [1.29, 1.82) is 0 Å². The van der Waals surface area contributed by atoms with Crippen molar-refractivity contribution in [2.24, 2.45) is 11.8 Å². The number of hydrogen-bond acceptors (Lipinski definition) is 6. The summed E-state index contributed by atoms with van der Waals surface area (Å²) >= 11 is 7.90. The summed E-state index contributed by atoms with van der Waals surface area (Å²) in [5.41, 5.74) is 0.577. The van der Waals surface area contributed by atoms with E-state index >= 15 is 0 Å². The molecule has 5 nitrogen and oxygen atoms in total. The van der Waals surface area contributed by atoms with Crippen LogP contribution in [0.15, 0.2) is 23.1 Å². The molecule has 1 aromatic rings. The van der Waals surface area contributed by atoms with Gasteiger partial charge in [-0.1, -0.05) is 11.6 Å². The molecule has 0 radical (unpaired) electrons. The minimum Gasteiger partial charge on any atom is -0.465 e. The molecular formula is C21H29Cl2NO4S. The zero-order valence-electron chi connectivity index (χ0n) is 16.8. The third-order valence-electron chi connectivity index (χ3n) is 5.56. The minimum atomic E-state index is -0.306. The van der Waals surface area contributed by atoms with Gasteiger partial charge in [0.2, 0.25) is 0 Å². The smallest absolute Gasteiger partial charge is 0.339 e. The second-order valence-electron chi connectivity index (χ2n) is 7.38. The number of esters is 2. The number of fused-ring (bicyclic) bond motifs is 1. The molecule has 1 aliphatic heterocycles. The monoisotopic (exact) mass is 461 g/mol. The van der Waals surface area contributed by atoms with Crippen molar-refractivity contribution in [3.8, 4) is 0 Å². The maximum atomic E-state index is 12.3. The van der Waals surface area contributed by atoms with Crippen LogP contribution in [0.1, 0.15) is 49.9 Å². The van der Waals surface area contributed by atoms with Crippen LogP contribution in [-0.4, -0.2) is 43.0 Å². The van der Waals surface area contributed by atoms with E-state index in [1.54, 1.807) is 30.8 Å². The lowest BCUT2D eigenvalue weighted by atomic mass is 9.73. The van der Waals surface area contributed by atoms with E-state index in [0.29, 0.717) is 40.9 Å². The molecule has 162 valence electrons. The lowest BCUT2D eigenvalue weighted by molar-refractivity contribution is -0.147. The summed E-state index contributed by atoms with van der Waals surface area (Å²) < 4.78 is 10.4. The standard InChI is InChI=1S/C21H28ClNO4S.ClH/c1-3-26-20(24)17-8-6-15(22)11-19(17)28-16-7-5-13-12-23-18(10-14(13)9-16)21(25)27-4-2;/h6,8,11,13-14,16,18,23H,3-5,7,9-10,12H2,1-2H3;1H/t13-,14-,16-,18-;/m0./s1. The molecular weight excluding hydrogens is 433 g/mol. The summed E-state index contributed by atoms with van der Waals surface area (Å²) in [5, 5.41) is 4.37. The third kappa shape index (κ3) is 6.27. The van der Waals surface area contributed by atoms with Crippen LogP contribution in [0.5, 0.6) is 0 Å². The van der Waals surface area contributed by atoms with Gasteiger partial charge in [-0.15, -0.1) is 24.2 Å². The summed E-state index contributed by atoms with van der Waals surface area (Å²) in [4.78, 5) is 25.3. The molecule has 1 saturated carbocycles. The van der Waals surface area contributed by atoms with E-state index in [0.717, 1.165) is 37.1 Å². The van der Waals surface area contributed by atoms with Crippen molar-refractivity contribution in [1.82, 2.24) is 5.32 Å². The van der Waals surface area contributed by atoms with E-state index in [9.17, 15) is 9.59 Å². The highest BCUT2D eigenvalue weighted by atomic mass is 35.5. The van der Waals surface area contributed by atoms with Crippen LogP contribution >= 0.6 is 35.8 Å². The number of nitrogens with one attached hydrogen (secondary N) is 1. The van der Waals surface area contributed by atoms with Gasteiger partial charge in [0, 0.05) is 15.2 Å². The Morgan fingerprint density at radius 2 is 1.90 bits per heavy atom. The second-order valence-corrected chi connectivity index (χ2v) is 9.16. The van der Waals surface area contributed by atoms with Crippen LogP contribution < -0.4 is 5.32 Å². The molecule has 1 N–H and O–H groups in total. The van der Waals surface area contributed by atoms with Gasteiger partial charge in [0.15, 0.2) is 0 Å². The highest BCUT2D eigenvalue weighted by molar-refractivity contribution is 8.00. The Morgan fingerprint density at radius 3 is 2.62 bits per heavy atom. The Morgan fingerprint density at radius 1 is 1.14 bits per heavy atom. The van der Waals surface area contributed by atoms with Gasteiger partial charge in [0.05, 0.1) is 18.8 Å². The van der Waals surface area contributed by atoms with E-state index in [-0.39, 0.29) is 30.4 Å². The van der Waals surface area contributed by atoms with Crippen LogP contribution in [0.2, 0.25) is 5.02 Å². The quantitative estimate of drug-likeness (QED) is 0.617. The van der Waals surface area contributed by atoms with E-state index < -0.39 is 0 Å². The molecule has 0 aromatic heterocycles. The average Bonchev–Trinajstić information content (AvgIpc) is 2.68. The number of rotatable bonds is 6. The maximum absolute atomic E-state index is 12.3.